The van der Waals surface area contributed by atoms with Gasteiger partial charge in [-0.3, -0.25) is 0 Å². The van der Waals surface area contributed by atoms with Gasteiger partial charge in [0.1, 0.15) is 5.82 Å². The average Bonchev–Trinajstić information content (AvgIpc) is 2.54. The maximum Gasteiger partial charge on any atom is 0.129 e. The van der Waals surface area contributed by atoms with E-state index in [0.29, 0.717) is 5.92 Å². The van der Waals surface area contributed by atoms with E-state index in [0.717, 1.165) is 48.5 Å². The molecule has 1 aromatic carbocycles. The van der Waals surface area contributed by atoms with Crippen LogP contribution in [0, 0.1) is 5.92 Å². The molecule has 1 aliphatic rings. The minimum Gasteiger partial charge on any atom is -0.392 e. The van der Waals surface area contributed by atoms with Crippen molar-refractivity contribution in [1.29, 1.82) is 0 Å². The monoisotopic (exact) mass is 286 g/mol. The maximum absolute atomic E-state index is 9.60. The number of hydrogen-bond donors (Lipinski definition) is 1. The van der Waals surface area contributed by atoms with Gasteiger partial charge in [-0.05, 0) is 36.5 Å². The molecule has 2 heterocycles. The van der Waals surface area contributed by atoms with Crippen LogP contribution in [0.2, 0.25) is 0 Å². The van der Waals surface area contributed by atoms with Crippen LogP contribution in [0.25, 0.3) is 10.9 Å². The molecule has 4 nitrogen and oxygen atoms in total. The summed E-state index contributed by atoms with van der Waals surface area (Å²) in [5.74, 6) is 1.48. The van der Waals surface area contributed by atoms with E-state index in [1.165, 1.54) is 6.42 Å². The summed E-state index contributed by atoms with van der Waals surface area (Å²) in [6, 6.07) is 9.95. The van der Waals surface area contributed by atoms with E-state index in [1.807, 2.05) is 30.3 Å². The lowest BCUT2D eigenvalue weighted by Gasteiger charge is -2.28. The number of pyridine rings is 1. The van der Waals surface area contributed by atoms with Gasteiger partial charge >= 0.3 is 0 Å². The summed E-state index contributed by atoms with van der Waals surface area (Å²) in [4.78, 5) is 6.89. The van der Waals surface area contributed by atoms with Crippen molar-refractivity contribution < 1.29 is 9.84 Å². The van der Waals surface area contributed by atoms with Crippen LogP contribution in [0.5, 0.6) is 0 Å². The Bertz CT molecular complexity index is 609. The molecule has 1 aliphatic heterocycles. The predicted molar refractivity (Wildman–Crippen MR) is 84.5 cm³/mol. The molecule has 1 aromatic heterocycles. The molecule has 112 valence electrons. The molecule has 1 N–H and O–H groups in total. The Kier molecular flexibility index (Phi) is 4.36. The SMILES string of the molecule is CN(CC1CCCOC1)c1cc(CO)c2ccccc2n1. The molecular weight excluding hydrogens is 264 g/mol. The Hall–Kier alpha value is -1.65. The molecule has 0 amide bonds. The fourth-order valence-corrected chi connectivity index (χ4v) is 2.99. The number of ether oxygens (including phenoxy) is 1. The molecule has 0 saturated carbocycles. The number of aliphatic hydroxyl groups is 1. The van der Waals surface area contributed by atoms with Gasteiger partial charge in [0, 0.05) is 25.6 Å². The molecule has 3 rings (SSSR count). The highest BCUT2D eigenvalue weighted by Crippen LogP contribution is 2.24. The molecule has 0 aliphatic carbocycles. The number of nitrogens with zero attached hydrogens (tertiary/aromatic N) is 2. The number of anilines is 1. The molecular formula is C17H22N2O2. The highest BCUT2D eigenvalue weighted by atomic mass is 16.5. The Morgan fingerprint density at radius 3 is 3.00 bits per heavy atom. The first-order chi connectivity index (χ1) is 10.3. The third kappa shape index (κ3) is 3.17. The van der Waals surface area contributed by atoms with Gasteiger partial charge < -0.3 is 14.7 Å². The molecule has 0 bridgehead atoms. The summed E-state index contributed by atoms with van der Waals surface area (Å²) in [5.41, 5.74) is 1.87. The van der Waals surface area contributed by atoms with Crippen LogP contribution < -0.4 is 4.90 Å². The molecule has 21 heavy (non-hydrogen) atoms. The molecule has 1 fully saturated rings. The van der Waals surface area contributed by atoms with E-state index in [9.17, 15) is 5.11 Å². The molecule has 4 heteroatoms. The van der Waals surface area contributed by atoms with Crippen LogP contribution >= 0.6 is 0 Å². The smallest absolute Gasteiger partial charge is 0.129 e. The number of hydrogen-bond acceptors (Lipinski definition) is 4. The fourth-order valence-electron chi connectivity index (χ4n) is 2.99. The van der Waals surface area contributed by atoms with Gasteiger partial charge in [-0.2, -0.15) is 0 Å². The highest BCUT2D eigenvalue weighted by Gasteiger charge is 2.17. The lowest BCUT2D eigenvalue weighted by molar-refractivity contribution is 0.0576. The maximum atomic E-state index is 9.60. The molecule has 2 aromatic rings. The van der Waals surface area contributed by atoms with Crippen molar-refractivity contribution >= 4 is 16.7 Å². The van der Waals surface area contributed by atoms with Crippen molar-refractivity contribution in [2.24, 2.45) is 5.92 Å². The predicted octanol–water partition coefficient (Wildman–Crippen LogP) is 2.59. The quantitative estimate of drug-likeness (QED) is 0.938. The molecule has 1 unspecified atom stereocenters. The first-order valence-electron chi connectivity index (χ1n) is 7.56. The third-order valence-corrected chi connectivity index (χ3v) is 4.14. The van der Waals surface area contributed by atoms with Crippen molar-refractivity contribution in [2.45, 2.75) is 19.4 Å². The van der Waals surface area contributed by atoms with Crippen molar-refractivity contribution in [2.75, 3.05) is 31.7 Å². The lowest BCUT2D eigenvalue weighted by atomic mass is 10.0. The molecule has 0 spiro atoms. The van der Waals surface area contributed by atoms with Gasteiger partial charge in [0.25, 0.3) is 0 Å². The van der Waals surface area contributed by atoms with E-state index in [1.54, 1.807) is 0 Å². The minimum atomic E-state index is 0.0381. The third-order valence-electron chi connectivity index (χ3n) is 4.14. The van der Waals surface area contributed by atoms with Gasteiger partial charge in [0.05, 0.1) is 18.7 Å². The second-order valence-electron chi connectivity index (χ2n) is 5.78. The molecule has 1 saturated heterocycles. The number of para-hydroxylation sites is 1. The first-order valence-corrected chi connectivity index (χ1v) is 7.56. The Morgan fingerprint density at radius 2 is 2.24 bits per heavy atom. The van der Waals surface area contributed by atoms with Gasteiger partial charge in [-0.15, -0.1) is 0 Å². The van der Waals surface area contributed by atoms with Crippen LogP contribution in [0.3, 0.4) is 0 Å². The second-order valence-corrected chi connectivity index (χ2v) is 5.78. The summed E-state index contributed by atoms with van der Waals surface area (Å²) < 4.78 is 5.55. The van der Waals surface area contributed by atoms with Crippen molar-refractivity contribution in [1.82, 2.24) is 4.98 Å². The number of benzene rings is 1. The van der Waals surface area contributed by atoms with Gasteiger partial charge in [0.15, 0.2) is 0 Å². The topological polar surface area (TPSA) is 45.6 Å². The molecule has 0 radical (unpaired) electrons. The van der Waals surface area contributed by atoms with Crippen LogP contribution in [0.4, 0.5) is 5.82 Å². The summed E-state index contributed by atoms with van der Waals surface area (Å²) >= 11 is 0. The van der Waals surface area contributed by atoms with E-state index in [4.69, 9.17) is 9.72 Å². The second kappa shape index (κ2) is 6.41. The Labute approximate surface area is 125 Å². The van der Waals surface area contributed by atoms with E-state index >= 15 is 0 Å². The highest BCUT2D eigenvalue weighted by molar-refractivity contribution is 5.84. The number of aliphatic hydroxyl groups excluding tert-OH is 1. The lowest BCUT2D eigenvalue weighted by Crippen LogP contribution is -2.31. The Balaban J connectivity index is 1.85. The number of rotatable bonds is 4. The van der Waals surface area contributed by atoms with Crippen LogP contribution in [0.1, 0.15) is 18.4 Å². The zero-order valence-electron chi connectivity index (χ0n) is 12.5. The van der Waals surface area contributed by atoms with E-state index in [-0.39, 0.29) is 6.61 Å². The largest absolute Gasteiger partial charge is 0.392 e. The van der Waals surface area contributed by atoms with E-state index in [2.05, 4.69) is 11.9 Å². The van der Waals surface area contributed by atoms with Gasteiger partial charge in [-0.25, -0.2) is 4.98 Å². The van der Waals surface area contributed by atoms with E-state index < -0.39 is 0 Å². The number of fused-ring (bicyclic) bond motifs is 1. The van der Waals surface area contributed by atoms with Crippen LogP contribution in [-0.2, 0) is 11.3 Å². The van der Waals surface area contributed by atoms with Crippen molar-refractivity contribution in [3.05, 3.63) is 35.9 Å². The van der Waals surface area contributed by atoms with Gasteiger partial charge in [0.2, 0.25) is 0 Å². The normalized spacial score (nSPS) is 18.9. The standard InChI is InChI=1S/C17H22N2O2/c1-19(10-13-5-4-8-21-12-13)17-9-14(11-20)15-6-2-3-7-16(15)18-17/h2-3,6-7,9,13,20H,4-5,8,10-12H2,1H3. The summed E-state index contributed by atoms with van der Waals surface area (Å²) in [6.45, 7) is 2.71. The molecule has 1 atom stereocenters. The minimum absolute atomic E-state index is 0.0381. The number of aromatic nitrogens is 1. The Morgan fingerprint density at radius 1 is 1.38 bits per heavy atom. The van der Waals surface area contributed by atoms with Gasteiger partial charge in [-0.1, -0.05) is 18.2 Å². The van der Waals surface area contributed by atoms with Crippen LogP contribution in [0.15, 0.2) is 30.3 Å². The van der Waals surface area contributed by atoms with Crippen molar-refractivity contribution in [3.8, 4) is 0 Å². The average molecular weight is 286 g/mol. The van der Waals surface area contributed by atoms with Crippen LogP contribution in [-0.4, -0.2) is 36.9 Å². The fraction of sp³-hybridized carbons (Fsp3) is 0.471. The zero-order valence-corrected chi connectivity index (χ0v) is 12.5. The van der Waals surface area contributed by atoms with Crippen molar-refractivity contribution in [3.63, 3.8) is 0 Å². The zero-order chi connectivity index (χ0) is 14.7. The summed E-state index contributed by atoms with van der Waals surface area (Å²) in [7, 11) is 2.06. The first kappa shape index (κ1) is 14.3. The summed E-state index contributed by atoms with van der Waals surface area (Å²) in [6.07, 6.45) is 2.36. The summed E-state index contributed by atoms with van der Waals surface area (Å²) in [5, 5.41) is 10.6.